The smallest absolute Gasteiger partial charge is 0.334 e. The van der Waals surface area contributed by atoms with Crippen LogP contribution in [-0.2, 0) is 9.53 Å². The first-order chi connectivity index (χ1) is 8.45. The number of hydrogen-bond acceptors (Lipinski definition) is 6. The van der Waals surface area contributed by atoms with Gasteiger partial charge in [0, 0.05) is 17.7 Å². The molecule has 0 aliphatic rings. The number of nitro benzene ring substituents is 1. The van der Waals surface area contributed by atoms with Gasteiger partial charge in [0.15, 0.2) is 5.76 Å². The van der Waals surface area contributed by atoms with E-state index in [2.05, 4.69) is 4.74 Å². The van der Waals surface area contributed by atoms with Gasteiger partial charge in [-0.15, -0.1) is 0 Å². The van der Waals surface area contributed by atoms with Gasteiger partial charge in [-0.05, 0) is 12.1 Å². The third-order valence-corrected chi connectivity index (χ3v) is 2.03. The van der Waals surface area contributed by atoms with Crippen LogP contribution in [0, 0.1) is 10.1 Å². The number of esters is 1. The highest BCUT2D eigenvalue weighted by molar-refractivity contribution is 6.09. The lowest BCUT2D eigenvalue weighted by Gasteiger charge is -1.99. The number of aliphatic hydroxyl groups excluding tert-OH is 1. The fourth-order valence-electron chi connectivity index (χ4n) is 1.12. The molecule has 7 nitrogen and oxygen atoms in total. The Morgan fingerprint density at radius 2 is 1.89 bits per heavy atom. The Kier molecular flexibility index (Phi) is 4.14. The number of Topliss-reactive ketones (excluding diaryl/α,β-unsaturated/α-hetero) is 1. The maximum absolute atomic E-state index is 11.6. The first-order valence-corrected chi connectivity index (χ1v) is 4.73. The second kappa shape index (κ2) is 5.58. The minimum absolute atomic E-state index is 0.0262. The van der Waals surface area contributed by atoms with Crippen LogP contribution in [-0.4, -0.2) is 28.9 Å². The van der Waals surface area contributed by atoms with E-state index in [1.165, 1.54) is 12.1 Å². The number of allylic oxidation sites excluding steroid dienone is 1. The number of carbonyl (C=O) groups is 2. The number of non-ortho nitro benzene ring substituents is 1. The highest BCUT2D eigenvalue weighted by Crippen LogP contribution is 2.14. The van der Waals surface area contributed by atoms with Crippen molar-refractivity contribution in [1.82, 2.24) is 0 Å². The van der Waals surface area contributed by atoms with Gasteiger partial charge < -0.3 is 9.84 Å². The fourth-order valence-corrected chi connectivity index (χ4v) is 1.12. The number of ether oxygens (including phenoxy) is 1. The number of benzene rings is 1. The Labute approximate surface area is 101 Å². The van der Waals surface area contributed by atoms with Crippen LogP contribution in [0.15, 0.2) is 36.1 Å². The second-order valence-electron chi connectivity index (χ2n) is 3.19. The quantitative estimate of drug-likeness (QED) is 0.216. The lowest BCUT2D eigenvalue weighted by atomic mass is 10.1. The van der Waals surface area contributed by atoms with Gasteiger partial charge in [-0.3, -0.25) is 14.9 Å². The zero-order valence-electron chi connectivity index (χ0n) is 9.32. The van der Waals surface area contributed by atoms with Gasteiger partial charge >= 0.3 is 5.97 Å². The monoisotopic (exact) mass is 251 g/mol. The molecule has 1 rings (SSSR count). The molecular formula is C11H9NO6. The number of methoxy groups -OCH3 is 1. The van der Waals surface area contributed by atoms with Crippen molar-refractivity contribution in [1.29, 1.82) is 0 Å². The van der Waals surface area contributed by atoms with Crippen molar-refractivity contribution in [3.05, 3.63) is 51.8 Å². The molecule has 0 atom stereocenters. The summed E-state index contributed by atoms with van der Waals surface area (Å²) in [6.45, 7) is 0. The average molecular weight is 251 g/mol. The summed E-state index contributed by atoms with van der Waals surface area (Å²) in [5, 5.41) is 19.7. The third kappa shape index (κ3) is 3.14. The summed E-state index contributed by atoms with van der Waals surface area (Å²) in [4.78, 5) is 32.2. The number of nitro groups is 1. The maximum Gasteiger partial charge on any atom is 0.334 e. The normalized spacial score (nSPS) is 10.8. The molecule has 0 bridgehead atoms. The first-order valence-electron chi connectivity index (χ1n) is 4.73. The Morgan fingerprint density at radius 3 is 2.33 bits per heavy atom. The van der Waals surface area contributed by atoms with Gasteiger partial charge in [0.25, 0.3) is 5.69 Å². The number of rotatable bonds is 4. The van der Waals surface area contributed by atoms with E-state index >= 15 is 0 Å². The third-order valence-electron chi connectivity index (χ3n) is 2.03. The van der Waals surface area contributed by atoms with Crippen LogP contribution in [0.3, 0.4) is 0 Å². The molecule has 1 N–H and O–H groups in total. The van der Waals surface area contributed by atoms with Crippen LogP contribution >= 0.6 is 0 Å². The van der Waals surface area contributed by atoms with E-state index in [1.807, 2.05) is 0 Å². The lowest BCUT2D eigenvalue weighted by molar-refractivity contribution is -0.384. The summed E-state index contributed by atoms with van der Waals surface area (Å²) < 4.78 is 4.24. The van der Waals surface area contributed by atoms with Gasteiger partial charge in [-0.2, -0.15) is 0 Å². The van der Waals surface area contributed by atoms with Crippen molar-refractivity contribution in [2.75, 3.05) is 7.11 Å². The summed E-state index contributed by atoms with van der Waals surface area (Å²) in [5.41, 5.74) is -0.152. The number of aliphatic hydroxyl groups is 1. The molecule has 1 aromatic carbocycles. The Hall–Kier alpha value is -2.70. The van der Waals surface area contributed by atoms with Crippen molar-refractivity contribution in [2.45, 2.75) is 0 Å². The van der Waals surface area contributed by atoms with Gasteiger partial charge in [0.05, 0.1) is 18.1 Å². The molecule has 0 aliphatic carbocycles. The molecule has 0 amide bonds. The first kappa shape index (κ1) is 13.4. The number of ketones is 1. The molecule has 1 aromatic rings. The molecule has 0 fully saturated rings. The lowest BCUT2D eigenvalue weighted by Crippen LogP contribution is -2.06. The van der Waals surface area contributed by atoms with E-state index in [4.69, 9.17) is 0 Å². The van der Waals surface area contributed by atoms with Gasteiger partial charge in [0.2, 0.25) is 5.78 Å². The summed E-state index contributed by atoms with van der Waals surface area (Å²) in [5.74, 6) is -2.49. The molecule has 0 spiro atoms. The molecule has 0 radical (unpaired) electrons. The Bertz CT molecular complexity index is 517. The van der Waals surface area contributed by atoms with E-state index in [-0.39, 0.29) is 11.3 Å². The summed E-state index contributed by atoms with van der Waals surface area (Å²) in [6, 6.07) is 4.61. The average Bonchev–Trinajstić information content (AvgIpc) is 2.37. The second-order valence-corrected chi connectivity index (χ2v) is 3.19. The number of carbonyl (C=O) groups excluding carboxylic acids is 2. The Morgan fingerprint density at radius 1 is 1.33 bits per heavy atom. The molecule has 0 unspecified atom stereocenters. The molecule has 0 aromatic heterocycles. The van der Waals surface area contributed by atoms with Crippen molar-refractivity contribution in [3.8, 4) is 0 Å². The van der Waals surface area contributed by atoms with E-state index < -0.39 is 22.4 Å². The predicted octanol–water partition coefficient (Wildman–Crippen LogP) is 1.39. The highest BCUT2D eigenvalue weighted by atomic mass is 16.6. The van der Waals surface area contributed by atoms with Crippen molar-refractivity contribution in [2.24, 2.45) is 0 Å². The molecule has 0 saturated heterocycles. The zero-order chi connectivity index (χ0) is 13.7. The molecule has 18 heavy (non-hydrogen) atoms. The van der Waals surface area contributed by atoms with Crippen molar-refractivity contribution in [3.63, 3.8) is 0 Å². The van der Waals surface area contributed by atoms with Gasteiger partial charge in [-0.1, -0.05) is 0 Å². The largest absolute Gasteiger partial charge is 0.504 e. The van der Waals surface area contributed by atoms with Gasteiger partial charge in [0.1, 0.15) is 0 Å². The summed E-state index contributed by atoms with van der Waals surface area (Å²) >= 11 is 0. The maximum atomic E-state index is 11.6. The summed E-state index contributed by atoms with van der Waals surface area (Å²) in [6.07, 6.45) is 0.629. The molecule has 0 aliphatic heterocycles. The van der Waals surface area contributed by atoms with E-state index in [0.717, 1.165) is 19.2 Å². The van der Waals surface area contributed by atoms with Crippen LogP contribution in [0.25, 0.3) is 0 Å². The van der Waals surface area contributed by atoms with Gasteiger partial charge in [-0.25, -0.2) is 4.79 Å². The highest BCUT2D eigenvalue weighted by Gasteiger charge is 2.14. The van der Waals surface area contributed by atoms with Crippen LogP contribution in [0.1, 0.15) is 10.4 Å². The van der Waals surface area contributed by atoms with E-state index in [9.17, 15) is 24.8 Å². The standard InChI is InChI=1S/C11H9NO6/c1-18-10(14)6-9(13)11(15)7-2-4-8(5-3-7)12(16)17/h2-6,13H,1H3/b9-6-. The zero-order valence-corrected chi connectivity index (χ0v) is 9.32. The van der Waals surface area contributed by atoms with E-state index in [0.29, 0.717) is 6.08 Å². The topological polar surface area (TPSA) is 107 Å². The van der Waals surface area contributed by atoms with Crippen molar-refractivity contribution >= 4 is 17.4 Å². The molecule has 7 heteroatoms. The number of nitrogens with zero attached hydrogens (tertiary/aromatic N) is 1. The SMILES string of the molecule is COC(=O)/C=C(\O)C(=O)c1ccc([N+](=O)[O-])cc1. The van der Waals surface area contributed by atoms with Crippen LogP contribution in [0.4, 0.5) is 5.69 Å². The molecule has 94 valence electrons. The fraction of sp³-hybridized carbons (Fsp3) is 0.0909. The minimum atomic E-state index is -0.872. The van der Waals surface area contributed by atoms with Crippen LogP contribution in [0.2, 0.25) is 0 Å². The van der Waals surface area contributed by atoms with Crippen molar-refractivity contribution < 1.29 is 24.4 Å². The van der Waals surface area contributed by atoms with Crippen LogP contribution in [0.5, 0.6) is 0 Å². The molecular weight excluding hydrogens is 242 g/mol. The molecule has 0 saturated carbocycles. The van der Waals surface area contributed by atoms with Crippen LogP contribution < -0.4 is 0 Å². The minimum Gasteiger partial charge on any atom is -0.504 e. The molecule has 0 heterocycles. The predicted molar refractivity (Wildman–Crippen MR) is 60.2 cm³/mol. The summed E-state index contributed by atoms with van der Waals surface area (Å²) in [7, 11) is 1.10. The number of hydrogen-bond donors (Lipinski definition) is 1. The Balaban J connectivity index is 2.94. The van der Waals surface area contributed by atoms with E-state index in [1.54, 1.807) is 0 Å².